The van der Waals surface area contributed by atoms with Crippen LogP contribution in [-0.4, -0.2) is 18.1 Å². The topological polar surface area (TPSA) is 29.5 Å². The van der Waals surface area contributed by atoms with Gasteiger partial charge in [0.25, 0.3) is 0 Å². The molecular formula is C12H16F2O2S. The Hall–Kier alpha value is -0.680. The minimum Gasteiger partial charge on any atom is -0.495 e. The fourth-order valence-electron chi connectivity index (χ4n) is 2.39. The Morgan fingerprint density at radius 3 is 3.00 bits per heavy atom. The van der Waals surface area contributed by atoms with Gasteiger partial charge in [-0.1, -0.05) is 0 Å². The highest BCUT2D eigenvalue weighted by Gasteiger charge is 2.40. The zero-order valence-corrected chi connectivity index (χ0v) is 10.5. The largest absolute Gasteiger partial charge is 0.495 e. The van der Waals surface area contributed by atoms with E-state index in [2.05, 4.69) is 0 Å². The van der Waals surface area contributed by atoms with Crippen LogP contribution >= 0.6 is 11.3 Å². The Bertz CT molecular complexity index is 378. The molecule has 2 atom stereocenters. The van der Waals surface area contributed by atoms with Gasteiger partial charge in [-0.2, -0.15) is 0 Å². The predicted octanol–water partition coefficient (Wildman–Crippen LogP) is 3.62. The van der Waals surface area contributed by atoms with Crippen molar-refractivity contribution < 1.29 is 18.6 Å². The van der Waals surface area contributed by atoms with Crippen molar-refractivity contribution in [2.24, 2.45) is 5.92 Å². The third-order valence-corrected chi connectivity index (χ3v) is 4.24. The summed E-state index contributed by atoms with van der Waals surface area (Å²) in [6, 6.07) is 1.78. The van der Waals surface area contributed by atoms with Gasteiger partial charge in [-0.25, -0.2) is 8.78 Å². The van der Waals surface area contributed by atoms with Gasteiger partial charge in [0.2, 0.25) is 5.92 Å². The van der Waals surface area contributed by atoms with Gasteiger partial charge >= 0.3 is 0 Å². The van der Waals surface area contributed by atoms with Crippen LogP contribution < -0.4 is 4.74 Å². The maximum absolute atomic E-state index is 13.0. The highest BCUT2D eigenvalue weighted by Crippen LogP contribution is 2.44. The molecule has 1 N–H and O–H groups in total. The fourth-order valence-corrected chi connectivity index (χ4v) is 3.25. The highest BCUT2D eigenvalue weighted by atomic mass is 32.1. The standard InChI is InChI=1S/C12H16F2O2S/c1-16-10-3-5-17-11(10)9(15)6-8-2-4-12(13,14)7-8/h3,5,8-9,15H,2,4,6-7H2,1H3. The molecule has 2 unspecified atom stereocenters. The van der Waals surface area contributed by atoms with Crippen molar-refractivity contribution >= 4 is 11.3 Å². The zero-order chi connectivity index (χ0) is 12.5. The van der Waals surface area contributed by atoms with Crippen LogP contribution in [-0.2, 0) is 0 Å². The summed E-state index contributed by atoms with van der Waals surface area (Å²) in [4.78, 5) is 0.739. The Balaban J connectivity index is 1.96. The molecular weight excluding hydrogens is 246 g/mol. The maximum atomic E-state index is 13.0. The summed E-state index contributed by atoms with van der Waals surface area (Å²) in [5.41, 5.74) is 0. The van der Waals surface area contributed by atoms with E-state index < -0.39 is 12.0 Å². The first-order valence-electron chi connectivity index (χ1n) is 5.69. The van der Waals surface area contributed by atoms with Crippen molar-refractivity contribution in [1.82, 2.24) is 0 Å². The highest BCUT2D eigenvalue weighted by molar-refractivity contribution is 7.10. The molecule has 1 fully saturated rings. The second-order valence-electron chi connectivity index (χ2n) is 4.57. The van der Waals surface area contributed by atoms with Crippen LogP contribution in [0.4, 0.5) is 8.78 Å². The molecule has 96 valence electrons. The van der Waals surface area contributed by atoms with Crippen LogP contribution in [0.5, 0.6) is 5.75 Å². The van der Waals surface area contributed by atoms with E-state index in [9.17, 15) is 13.9 Å². The van der Waals surface area contributed by atoms with Gasteiger partial charge in [-0.05, 0) is 30.2 Å². The van der Waals surface area contributed by atoms with Crippen LogP contribution in [0, 0.1) is 5.92 Å². The molecule has 1 heterocycles. The van der Waals surface area contributed by atoms with Crippen LogP contribution in [0.15, 0.2) is 11.4 Å². The lowest BCUT2D eigenvalue weighted by Gasteiger charge is -2.15. The van der Waals surface area contributed by atoms with E-state index in [1.807, 2.05) is 5.38 Å². The quantitative estimate of drug-likeness (QED) is 0.898. The summed E-state index contributed by atoms with van der Waals surface area (Å²) in [5.74, 6) is -1.98. The fraction of sp³-hybridized carbons (Fsp3) is 0.667. The molecule has 2 nitrogen and oxygen atoms in total. The van der Waals surface area contributed by atoms with Crippen LogP contribution in [0.3, 0.4) is 0 Å². The smallest absolute Gasteiger partial charge is 0.248 e. The van der Waals surface area contributed by atoms with Crippen LogP contribution in [0.1, 0.15) is 36.7 Å². The summed E-state index contributed by atoms with van der Waals surface area (Å²) in [6.07, 6.45) is 0.0531. The minimum atomic E-state index is -2.54. The minimum absolute atomic E-state index is 0.0496. The molecule has 17 heavy (non-hydrogen) atoms. The Kier molecular flexibility index (Phi) is 3.68. The first-order valence-corrected chi connectivity index (χ1v) is 6.57. The van der Waals surface area contributed by atoms with Crippen molar-refractivity contribution in [2.75, 3.05) is 7.11 Å². The third kappa shape index (κ3) is 2.96. The van der Waals surface area contributed by atoms with Gasteiger partial charge in [-0.15, -0.1) is 11.3 Å². The number of alkyl halides is 2. The molecule has 0 saturated heterocycles. The Morgan fingerprint density at radius 1 is 1.65 bits per heavy atom. The third-order valence-electron chi connectivity index (χ3n) is 3.24. The molecule has 5 heteroatoms. The molecule has 0 spiro atoms. The molecule has 1 aromatic heterocycles. The van der Waals surface area contributed by atoms with Crippen molar-refractivity contribution in [3.05, 3.63) is 16.3 Å². The van der Waals surface area contributed by atoms with E-state index >= 15 is 0 Å². The normalized spacial score (nSPS) is 24.8. The summed E-state index contributed by atoms with van der Waals surface area (Å²) in [6.45, 7) is 0. The number of methoxy groups -OCH3 is 1. The average molecular weight is 262 g/mol. The molecule has 0 aliphatic heterocycles. The van der Waals surface area contributed by atoms with Crippen molar-refractivity contribution in [1.29, 1.82) is 0 Å². The van der Waals surface area contributed by atoms with E-state index in [1.54, 1.807) is 13.2 Å². The monoisotopic (exact) mass is 262 g/mol. The second kappa shape index (κ2) is 4.90. The summed E-state index contributed by atoms with van der Waals surface area (Å²) < 4.78 is 31.2. The molecule has 1 aliphatic rings. The number of aliphatic hydroxyl groups excluding tert-OH is 1. The summed E-state index contributed by atoms with van der Waals surface area (Å²) in [7, 11) is 1.54. The van der Waals surface area contributed by atoms with Gasteiger partial charge in [0, 0.05) is 12.8 Å². The van der Waals surface area contributed by atoms with Gasteiger partial charge < -0.3 is 9.84 Å². The van der Waals surface area contributed by atoms with Crippen molar-refractivity contribution in [2.45, 2.75) is 37.7 Å². The predicted molar refractivity (Wildman–Crippen MR) is 62.7 cm³/mol. The van der Waals surface area contributed by atoms with E-state index in [0.717, 1.165) is 4.88 Å². The number of rotatable bonds is 4. The number of halogens is 2. The summed E-state index contributed by atoms with van der Waals surface area (Å²) in [5, 5.41) is 11.9. The SMILES string of the molecule is COc1ccsc1C(O)CC1CCC(F)(F)C1. The lowest BCUT2D eigenvalue weighted by Crippen LogP contribution is -2.11. The van der Waals surface area contributed by atoms with E-state index in [0.29, 0.717) is 18.6 Å². The Morgan fingerprint density at radius 2 is 2.41 bits per heavy atom. The van der Waals surface area contributed by atoms with Gasteiger partial charge in [0.1, 0.15) is 5.75 Å². The van der Waals surface area contributed by atoms with Crippen LogP contribution in [0.2, 0.25) is 0 Å². The number of hydrogen-bond donors (Lipinski definition) is 1. The molecule has 0 bridgehead atoms. The van der Waals surface area contributed by atoms with E-state index in [4.69, 9.17) is 4.74 Å². The maximum Gasteiger partial charge on any atom is 0.248 e. The zero-order valence-electron chi connectivity index (χ0n) is 9.66. The molecule has 1 aliphatic carbocycles. The molecule has 0 aromatic carbocycles. The first-order chi connectivity index (χ1) is 8.02. The second-order valence-corrected chi connectivity index (χ2v) is 5.52. The van der Waals surface area contributed by atoms with E-state index in [-0.39, 0.29) is 18.8 Å². The lowest BCUT2D eigenvalue weighted by molar-refractivity contribution is 0.00259. The molecule has 0 amide bonds. The average Bonchev–Trinajstić information content (AvgIpc) is 2.84. The molecule has 1 aromatic rings. The van der Waals surface area contributed by atoms with Crippen molar-refractivity contribution in [3.63, 3.8) is 0 Å². The molecule has 0 radical (unpaired) electrons. The number of hydrogen-bond acceptors (Lipinski definition) is 3. The van der Waals surface area contributed by atoms with Gasteiger partial charge in [0.15, 0.2) is 0 Å². The number of aliphatic hydroxyl groups is 1. The van der Waals surface area contributed by atoms with Gasteiger partial charge in [-0.3, -0.25) is 0 Å². The molecule has 1 saturated carbocycles. The Labute approximate surface area is 103 Å². The van der Waals surface area contributed by atoms with E-state index in [1.165, 1.54) is 11.3 Å². The first kappa shape index (κ1) is 12.8. The summed E-state index contributed by atoms with van der Waals surface area (Å²) >= 11 is 1.40. The lowest BCUT2D eigenvalue weighted by atomic mass is 9.99. The van der Waals surface area contributed by atoms with Crippen LogP contribution in [0.25, 0.3) is 0 Å². The number of ether oxygens (including phenoxy) is 1. The number of thiophene rings is 1. The molecule has 2 rings (SSSR count). The van der Waals surface area contributed by atoms with Gasteiger partial charge in [0.05, 0.1) is 18.1 Å². The van der Waals surface area contributed by atoms with Crippen molar-refractivity contribution in [3.8, 4) is 5.75 Å².